The second kappa shape index (κ2) is 2.98. The number of nitrogens with zero attached hydrogens (tertiary/aromatic N) is 2. The van der Waals surface area contributed by atoms with Crippen LogP contribution >= 0.6 is 0 Å². The molecule has 0 saturated heterocycles. The highest BCUT2D eigenvalue weighted by atomic mass is 19.3. The van der Waals surface area contributed by atoms with Crippen LogP contribution in [-0.4, -0.2) is 9.55 Å². The summed E-state index contributed by atoms with van der Waals surface area (Å²) in [5.74, 6) is 0.641. The summed E-state index contributed by atoms with van der Waals surface area (Å²) in [5.41, 5.74) is -0.135. The molecular weight excluding hydrogens is 150 g/mol. The highest BCUT2D eigenvalue weighted by Crippen LogP contribution is 2.17. The SMILES string of the molecule is CCn1cc(C(F)F)nc1C. The number of aromatic nitrogens is 2. The van der Waals surface area contributed by atoms with Crippen molar-refractivity contribution in [2.75, 3.05) is 0 Å². The highest BCUT2D eigenvalue weighted by Gasteiger charge is 2.11. The fourth-order valence-corrected chi connectivity index (χ4v) is 0.958. The van der Waals surface area contributed by atoms with Gasteiger partial charge in [0.05, 0.1) is 0 Å². The molecule has 0 aliphatic heterocycles. The predicted molar refractivity (Wildman–Crippen MR) is 37.6 cm³/mol. The van der Waals surface area contributed by atoms with Gasteiger partial charge >= 0.3 is 0 Å². The van der Waals surface area contributed by atoms with E-state index in [-0.39, 0.29) is 5.69 Å². The van der Waals surface area contributed by atoms with Gasteiger partial charge < -0.3 is 4.57 Å². The topological polar surface area (TPSA) is 17.8 Å². The second-order valence-corrected chi connectivity index (χ2v) is 2.30. The van der Waals surface area contributed by atoms with E-state index in [0.29, 0.717) is 12.4 Å². The maximum Gasteiger partial charge on any atom is 0.281 e. The first kappa shape index (κ1) is 8.17. The number of rotatable bonds is 2. The van der Waals surface area contributed by atoms with Crippen LogP contribution in [0.15, 0.2) is 6.20 Å². The first-order chi connectivity index (χ1) is 5.15. The van der Waals surface area contributed by atoms with Crippen molar-refractivity contribution >= 4 is 0 Å². The molecule has 0 radical (unpaired) electrons. The molecule has 0 fully saturated rings. The van der Waals surface area contributed by atoms with Crippen molar-refractivity contribution in [2.24, 2.45) is 0 Å². The molecule has 2 nitrogen and oxygen atoms in total. The van der Waals surface area contributed by atoms with Crippen LogP contribution in [0.4, 0.5) is 8.78 Å². The summed E-state index contributed by atoms with van der Waals surface area (Å²) in [6, 6.07) is 0. The zero-order valence-corrected chi connectivity index (χ0v) is 6.51. The van der Waals surface area contributed by atoms with E-state index in [1.807, 2.05) is 6.92 Å². The lowest BCUT2D eigenvalue weighted by Crippen LogP contribution is -1.93. The van der Waals surface area contributed by atoms with Gasteiger partial charge in [0, 0.05) is 12.7 Å². The van der Waals surface area contributed by atoms with Crippen LogP contribution in [-0.2, 0) is 6.54 Å². The summed E-state index contributed by atoms with van der Waals surface area (Å²) in [6.45, 7) is 4.30. The third-order valence-corrected chi connectivity index (χ3v) is 1.56. The maximum absolute atomic E-state index is 12.0. The van der Waals surface area contributed by atoms with E-state index in [9.17, 15) is 8.78 Å². The Morgan fingerprint density at radius 1 is 1.64 bits per heavy atom. The molecule has 0 aliphatic rings. The van der Waals surface area contributed by atoms with E-state index in [2.05, 4.69) is 4.98 Å². The van der Waals surface area contributed by atoms with Gasteiger partial charge in [-0.15, -0.1) is 0 Å². The fourth-order valence-electron chi connectivity index (χ4n) is 0.958. The van der Waals surface area contributed by atoms with Crippen molar-refractivity contribution in [2.45, 2.75) is 26.8 Å². The van der Waals surface area contributed by atoms with Crippen molar-refractivity contribution in [3.8, 4) is 0 Å². The summed E-state index contributed by atoms with van der Waals surface area (Å²) < 4.78 is 25.7. The standard InChI is InChI=1S/C7H10F2N2/c1-3-11-4-6(7(8)9)10-5(11)2/h4,7H,3H2,1-2H3. The van der Waals surface area contributed by atoms with Crippen LogP contribution in [0.1, 0.15) is 24.9 Å². The van der Waals surface area contributed by atoms with Gasteiger partial charge in [0.1, 0.15) is 11.5 Å². The van der Waals surface area contributed by atoms with Crippen molar-refractivity contribution in [1.29, 1.82) is 0 Å². The van der Waals surface area contributed by atoms with Crippen LogP contribution in [0.25, 0.3) is 0 Å². The Balaban J connectivity index is 2.95. The first-order valence-electron chi connectivity index (χ1n) is 3.47. The van der Waals surface area contributed by atoms with Gasteiger partial charge in [-0.1, -0.05) is 0 Å². The molecule has 0 aliphatic carbocycles. The number of aryl methyl sites for hydroxylation is 2. The molecule has 0 N–H and O–H groups in total. The molecule has 1 aromatic heterocycles. The van der Waals surface area contributed by atoms with Gasteiger partial charge in [-0.25, -0.2) is 13.8 Å². The first-order valence-corrected chi connectivity index (χ1v) is 3.47. The number of hydrogen-bond donors (Lipinski definition) is 0. The summed E-state index contributed by atoms with van der Waals surface area (Å²) in [4.78, 5) is 3.69. The zero-order chi connectivity index (χ0) is 8.43. The summed E-state index contributed by atoms with van der Waals surface area (Å²) in [7, 11) is 0. The Morgan fingerprint density at radius 2 is 2.27 bits per heavy atom. The lowest BCUT2D eigenvalue weighted by Gasteiger charge is -1.95. The molecule has 4 heteroatoms. The van der Waals surface area contributed by atoms with Crippen LogP contribution in [0.3, 0.4) is 0 Å². The van der Waals surface area contributed by atoms with Crippen molar-refractivity contribution in [3.63, 3.8) is 0 Å². The Kier molecular flexibility index (Phi) is 2.22. The van der Waals surface area contributed by atoms with Crippen LogP contribution in [0, 0.1) is 6.92 Å². The number of alkyl halides is 2. The molecule has 0 bridgehead atoms. The van der Waals surface area contributed by atoms with Crippen molar-refractivity contribution < 1.29 is 8.78 Å². The summed E-state index contributed by atoms with van der Waals surface area (Å²) in [5, 5.41) is 0. The van der Waals surface area contributed by atoms with Crippen molar-refractivity contribution in [3.05, 3.63) is 17.7 Å². The molecule has 0 amide bonds. The van der Waals surface area contributed by atoms with E-state index in [1.54, 1.807) is 11.5 Å². The second-order valence-electron chi connectivity index (χ2n) is 2.30. The lowest BCUT2D eigenvalue weighted by atomic mass is 10.5. The summed E-state index contributed by atoms with van der Waals surface area (Å²) in [6.07, 6.45) is -1.07. The molecule has 11 heavy (non-hydrogen) atoms. The lowest BCUT2D eigenvalue weighted by molar-refractivity contribution is 0.146. The molecule has 1 rings (SSSR count). The number of halogens is 2. The van der Waals surface area contributed by atoms with E-state index >= 15 is 0 Å². The van der Waals surface area contributed by atoms with Gasteiger partial charge in [-0.3, -0.25) is 0 Å². The molecule has 62 valence electrons. The molecule has 1 aromatic rings. The normalized spacial score (nSPS) is 11.0. The molecule has 0 unspecified atom stereocenters. The largest absolute Gasteiger partial charge is 0.335 e. The Morgan fingerprint density at radius 3 is 2.55 bits per heavy atom. The van der Waals surface area contributed by atoms with E-state index in [4.69, 9.17) is 0 Å². The smallest absolute Gasteiger partial charge is 0.281 e. The minimum absolute atomic E-state index is 0.135. The average molecular weight is 160 g/mol. The number of hydrogen-bond acceptors (Lipinski definition) is 1. The molecule has 0 spiro atoms. The van der Waals surface area contributed by atoms with Gasteiger partial charge in [0.15, 0.2) is 0 Å². The predicted octanol–water partition coefficient (Wildman–Crippen LogP) is 2.15. The maximum atomic E-state index is 12.0. The molecular formula is C7H10F2N2. The third kappa shape index (κ3) is 1.56. The quantitative estimate of drug-likeness (QED) is 0.648. The van der Waals surface area contributed by atoms with Gasteiger partial charge in [-0.2, -0.15) is 0 Å². The molecule has 0 atom stereocenters. The van der Waals surface area contributed by atoms with Crippen LogP contribution < -0.4 is 0 Å². The third-order valence-electron chi connectivity index (χ3n) is 1.56. The van der Waals surface area contributed by atoms with Gasteiger partial charge in [0.25, 0.3) is 6.43 Å². The monoisotopic (exact) mass is 160 g/mol. The highest BCUT2D eigenvalue weighted by molar-refractivity contribution is 5.03. The van der Waals surface area contributed by atoms with E-state index in [1.165, 1.54) is 6.20 Å². The zero-order valence-electron chi connectivity index (χ0n) is 6.51. The van der Waals surface area contributed by atoms with Gasteiger partial charge in [-0.05, 0) is 13.8 Å². The Hall–Kier alpha value is -0.930. The molecule has 1 heterocycles. The minimum Gasteiger partial charge on any atom is -0.335 e. The van der Waals surface area contributed by atoms with Crippen LogP contribution in [0.5, 0.6) is 0 Å². The average Bonchev–Trinajstić information content (AvgIpc) is 2.31. The Bertz CT molecular complexity index is 243. The Labute approximate surface area is 63.9 Å². The molecule has 0 aromatic carbocycles. The van der Waals surface area contributed by atoms with Crippen LogP contribution in [0.2, 0.25) is 0 Å². The molecule has 0 saturated carbocycles. The van der Waals surface area contributed by atoms with E-state index < -0.39 is 6.43 Å². The van der Waals surface area contributed by atoms with E-state index in [0.717, 1.165) is 0 Å². The number of imidazole rings is 1. The minimum atomic E-state index is -2.46. The van der Waals surface area contributed by atoms with Gasteiger partial charge in [0.2, 0.25) is 0 Å². The van der Waals surface area contributed by atoms with Crippen molar-refractivity contribution in [1.82, 2.24) is 9.55 Å². The fraction of sp³-hybridized carbons (Fsp3) is 0.571. The summed E-state index contributed by atoms with van der Waals surface area (Å²) >= 11 is 0.